The molecule has 1 amide bonds. The van der Waals surface area contributed by atoms with Gasteiger partial charge in [-0.25, -0.2) is 9.97 Å². The van der Waals surface area contributed by atoms with Crippen LogP contribution in [0, 0.1) is 0 Å². The van der Waals surface area contributed by atoms with Crippen LogP contribution in [0.5, 0.6) is 0 Å². The molecular formula is C31H40N6O4. The molecule has 0 spiro atoms. The second-order valence-corrected chi connectivity index (χ2v) is 12.4. The quantitative estimate of drug-likeness (QED) is 0.378. The van der Waals surface area contributed by atoms with Gasteiger partial charge >= 0.3 is 0 Å². The van der Waals surface area contributed by atoms with E-state index in [1.165, 1.54) is 57.8 Å². The molecule has 5 heterocycles. The summed E-state index contributed by atoms with van der Waals surface area (Å²) < 4.78 is 7.15. The van der Waals surface area contributed by atoms with Gasteiger partial charge in [0.15, 0.2) is 12.0 Å². The maximum Gasteiger partial charge on any atom is 0.282 e. The molecule has 3 aliphatic heterocycles. The van der Waals surface area contributed by atoms with Crippen molar-refractivity contribution in [1.29, 1.82) is 0 Å². The molecule has 41 heavy (non-hydrogen) atoms. The van der Waals surface area contributed by atoms with E-state index in [0.717, 1.165) is 24.1 Å². The first-order valence-corrected chi connectivity index (χ1v) is 15.5. The number of amides is 1. The van der Waals surface area contributed by atoms with Gasteiger partial charge in [-0.3, -0.25) is 14.5 Å². The zero-order valence-corrected chi connectivity index (χ0v) is 23.5. The maximum absolute atomic E-state index is 14.1. The van der Waals surface area contributed by atoms with E-state index in [0.29, 0.717) is 30.1 Å². The fourth-order valence-electron chi connectivity index (χ4n) is 7.92. The highest BCUT2D eigenvalue weighted by molar-refractivity contribution is 5.94. The molecule has 7 rings (SSSR count). The second kappa shape index (κ2) is 11.3. The third-order valence-corrected chi connectivity index (χ3v) is 9.84. The molecule has 1 aliphatic carbocycles. The standard InChI is InChI=1S/C31H40N6O4/c38-29(35-25(28-31(40)41-28)14-19-17-32-18-33-19)27-30(39)37(26-11-7-6-10-24(26)34-27)23-15-21-12-13-22(16-23)36(21)20-8-4-2-1-3-5-9-20/h6-7,10-11,17-18,20-23,25,28,31,40H,1-5,8-9,12-16H2,(H,32,33)(H,35,38)/t21-,22+,23?,25?,28?,31?. The summed E-state index contributed by atoms with van der Waals surface area (Å²) in [4.78, 5) is 42.2. The van der Waals surface area contributed by atoms with Crippen LogP contribution in [0.2, 0.25) is 0 Å². The van der Waals surface area contributed by atoms with E-state index in [2.05, 4.69) is 25.2 Å². The number of fused-ring (bicyclic) bond motifs is 3. The lowest BCUT2D eigenvalue weighted by molar-refractivity contribution is 0.0497. The SMILES string of the molecule is O=C(NC(Cc1cnc[nH]1)C1OC1O)c1nc2ccccc2n(C2C[C@H]3CC[C@@H](C2)N3C2CCCCCCC2)c1=O. The number of carbonyl (C=O) groups is 1. The average molecular weight is 561 g/mol. The van der Waals surface area contributed by atoms with E-state index in [1.807, 2.05) is 28.8 Å². The number of carbonyl (C=O) groups excluding carboxylic acids is 1. The van der Waals surface area contributed by atoms with Crippen molar-refractivity contribution < 1.29 is 14.6 Å². The van der Waals surface area contributed by atoms with Gasteiger partial charge in [0.05, 0.1) is 23.4 Å². The summed E-state index contributed by atoms with van der Waals surface area (Å²) in [5, 5.41) is 12.9. The lowest BCUT2D eigenvalue weighted by Crippen LogP contribution is -2.50. The lowest BCUT2D eigenvalue weighted by atomic mass is 9.89. The average Bonchev–Trinajstić information content (AvgIpc) is 3.33. The van der Waals surface area contributed by atoms with Crippen LogP contribution in [0.1, 0.15) is 92.9 Å². The topological polar surface area (TPSA) is 129 Å². The number of piperidine rings is 1. The zero-order valence-electron chi connectivity index (χ0n) is 23.5. The highest BCUT2D eigenvalue weighted by Gasteiger charge is 2.46. The molecule has 1 aromatic carbocycles. The Morgan fingerprint density at radius 2 is 1.73 bits per heavy atom. The van der Waals surface area contributed by atoms with Gasteiger partial charge in [-0.15, -0.1) is 0 Å². The van der Waals surface area contributed by atoms with Crippen LogP contribution in [0.4, 0.5) is 0 Å². The first-order chi connectivity index (χ1) is 20.1. The second-order valence-electron chi connectivity index (χ2n) is 12.4. The Labute approximate surface area is 239 Å². The molecule has 218 valence electrons. The van der Waals surface area contributed by atoms with E-state index in [9.17, 15) is 14.7 Å². The predicted octanol–water partition coefficient (Wildman–Crippen LogP) is 3.46. The molecule has 3 saturated heterocycles. The monoisotopic (exact) mass is 560 g/mol. The first-order valence-electron chi connectivity index (χ1n) is 15.5. The van der Waals surface area contributed by atoms with E-state index in [-0.39, 0.29) is 17.3 Å². The molecule has 3 aromatic rings. The molecule has 2 aromatic heterocycles. The molecule has 4 unspecified atom stereocenters. The van der Waals surface area contributed by atoms with Crippen molar-refractivity contribution in [2.24, 2.45) is 0 Å². The van der Waals surface area contributed by atoms with Crippen LogP contribution in [-0.2, 0) is 11.2 Å². The van der Waals surface area contributed by atoms with Gasteiger partial charge in [0.2, 0.25) is 0 Å². The van der Waals surface area contributed by atoms with Crippen LogP contribution in [0.15, 0.2) is 41.6 Å². The zero-order chi connectivity index (χ0) is 27.9. The van der Waals surface area contributed by atoms with Crippen LogP contribution >= 0.6 is 0 Å². The van der Waals surface area contributed by atoms with Crippen molar-refractivity contribution in [3.63, 3.8) is 0 Å². The number of para-hydroxylation sites is 2. The molecule has 0 radical (unpaired) electrons. The van der Waals surface area contributed by atoms with Gasteiger partial charge in [-0.05, 0) is 50.7 Å². The number of nitrogens with one attached hydrogen (secondary N) is 2. The van der Waals surface area contributed by atoms with Crippen molar-refractivity contribution in [2.45, 2.75) is 120 Å². The number of ether oxygens (including phenoxy) is 1. The van der Waals surface area contributed by atoms with Crippen LogP contribution in [0.3, 0.4) is 0 Å². The van der Waals surface area contributed by atoms with E-state index >= 15 is 0 Å². The van der Waals surface area contributed by atoms with Gasteiger partial charge in [-0.2, -0.15) is 0 Å². The number of epoxide rings is 1. The molecule has 1 saturated carbocycles. The molecule has 4 fully saturated rings. The number of aromatic nitrogens is 4. The van der Waals surface area contributed by atoms with Crippen LogP contribution in [-0.4, -0.2) is 72.0 Å². The summed E-state index contributed by atoms with van der Waals surface area (Å²) in [7, 11) is 0. The van der Waals surface area contributed by atoms with E-state index in [4.69, 9.17) is 4.74 Å². The Hall–Kier alpha value is -3.08. The molecule has 10 heteroatoms. The minimum atomic E-state index is -0.942. The normalized spacial score (nSPS) is 29.6. The van der Waals surface area contributed by atoms with Crippen LogP contribution in [0.25, 0.3) is 11.0 Å². The van der Waals surface area contributed by atoms with Crippen molar-refractivity contribution in [3.05, 3.63) is 58.5 Å². The van der Waals surface area contributed by atoms with Crippen molar-refractivity contribution in [1.82, 2.24) is 29.7 Å². The summed E-state index contributed by atoms with van der Waals surface area (Å²) in [5.74, 6) is -0.545. The lowest BCUT2D eigenvalue weighted by Gasteiger charge is -2.45. The number of rotatable bonds is 7. The van der Waals surface area contributed by atoms with Gasteiger partial charge in [0, 0.05) is 42.5 Å². The fraction of sp³-hybridized carbons (Fsp3) is 0.613. The Morgan fingerprint density at radius 3 is 2.41 bits per heavy atom. The number of aromatic amines is 1. The fourth-order valence-corrected chi connectivity index (χ4v) is 7.92. The minimum Gasteiger partial charge on any atom is -0.366 e. The molecule has 6 atom stereocenters. The smallest absolute Gasteiger partial charge is 0.282 e. The Bertz CT molecular complexity index is 1420. The number of imidazole rings is 1. The van der Waals surface area contributed by atoms with Gasteiger partial charge in [0.25, 0.3) is 11.5 Å². The number of hydrogen-bond acceptors (Lipinski definition) is 7. The third kappa shape index (κ3) is 5.33. The summed E-state index contributed by atoms with van der Waals surface area (Å²) >= 11 is 0. The molecule has 3 N–H and O–H groups in total. The van der Waals surface area contributed by atoms with Crippen molar-refractivity contribution in [3.8, 4) is 0 Å². The largest absolute Gasteiger partial charge is 0.366 e. The summed E-state index contributed by atoms with van der Waals surface area (Å²) in [6.07, 6.45) is 15.6. The highest BCUT2D eigenvalue weighted by Crippen LogP contribution is 2.44. The molecule has 10 nitrogen and oxygen atoms in total. The number of aliphatic hydroxyl groups excluding tert-OH is 1. The third-order valence-electron chi connectivity index (χ3n) is 9.84. The summed E-state index contributed by atoms with van der Waals surface area (Å²) in [5.41, 5.74) is 1.77. The van der Waals surface area contributed by atoms with E-state index in [1.54, 1.807) is 12.5 Å². The van der Waals surface area contributed by atoms with E-state index < -0.39 is 24.3 Å². The predicted molar refractivity (Wildman–Crippen MR) is 153 cm³/mol. The summed E-state index contributed by atoms with van der Waals surface area (Å²) in [6.45, 7) is 0. The van der Waals surface area contributed by atoms with Crippen molar-refractivity contribution >= 4 is 16.9 Å². The first kappa shape index (κ1) is 26.8. The van der Waals surface area contributed by atoms with Crippen LogP contribution < -0.4 is 10.9 Å². The number of H-pyrrole nitrogens is 1. The van der Waals surface area contributed by atoms with Gasteiger partial charge < -0.3 is 24.7 Å². The number of aliphatic hydroxyl groups is 1. The summed E-state index contributed by atoms with van der Waals surface area (Å²) in [6, 6.07) is 8.76. The minimum absolute atomic E-state index is 0.0265. The molecule has 4 aliphatic rings. The Balaban J connectivity index is 1.17. The van der Waals surface area contributed by atoms with Gasteiger partial charge in [-0.1, -0.05) is 44.2 Å². The van der Waals surface area contributed by atoms with Gasteiger partial charge in [0.1, 0.15) is 6.10 Å². The highest BCUT2D eigenvalue weighted by atomic mass is 16.7. The Kier molecular flexibility index (Phi) is 7.39. The Morgan fingerprint density at radius 1 is 1.02 bits per heavy atom. The molecular weight excluding hydrogens is 520 g/mol. The maximum atomic E-state index is 14.1. The number of benzene rings is 1. The number of nitrogens with zero attached hydrogens (tertiary/aromatic N) is 4. The van der Waals surface area contributed by atoms with Crippen molar-refractivity contribution in [2.75, 3.05) is 0 Å². The number of hydrogen-bond donors (Lipinski definition) is 3. The molecule has 2 bridgehead atoms.